The van der Waals surface area contributed by atoms with Gasteiger partial charge in [0.2, 0.25) is 5.91 Å². The van der Waals surface area contributed by atoms with Gasteiger partial charge in [0.15, 0.2) is 0 Å². The molecule has 1 aliphatic rings. The van der Waals surface area contributed by atoms with Crippen LogP contribution in [-0.4, -0.2) is 36.0 Å². The molecule has 2 aromatic rings. The van der Waals surface area contributed by atoms with Gasteiger partial charge in [-0.2, -0.15) is 0 Å². The van der Waals surface area contributed by atoms with Crippen molar-refractivity contribution in [1.82, 2.24) is 10.2 Å². The van der Waals surface area contributed by atoms with Crippen LogP contribution in [0.5, 0.6) is 5.75 Å². The van der Waals surface area contributed by atoms with Crippen molar-refractivity contribution < 1.29 is 14.3 Å². The maximum atomic E-state index is 12.4. The normalized spacial score (nSPS) is 14.8. The van der Waals surface area contributed by atoms with E-state index in [2.05, 4.69) is 5.32 Å². The third-order valence-corrected chi connectivity index (χ3v) is 4.32. The van der Waals surface area contributed by atoms with Crippen LogP contribution in [0.4, 0.5) is 4.79 Å². The highest BCUT2D eigenvalue weighted by Crippen LogP contribution is 2.14. The maximum absolute atomic E-state index is 12.4. The van der Waals surface area contributed by atoms with Crippen LogP contribution in [0, 0.1) is 0 Å². The summed E-state index contributed by atoms with van der Waals surface area (Å²) in [6, 6.07) is 18.8. The van der Waals surface area contributed by atoms with E-state index >= 15 is 0 Å². The highest BCUT2D eigenvalue weighted by molar-refractivity contribution is 5.79. The van der Waals surface area contributed by atoms with E-state index in [0.29, 0.717) is 25.3 Å². The molecule has 25 heavy (non-hydrogen) atoms. The van der Waals surface area contributed by atoms with Crippen molar-refractivity contribution >= 4 is 12.0 Å². The Balaban J connectivity index is 1.42. The zero-order valence-corrected chi connectivity index (χ0v) is 14.1. The molecule has 0 saturated carbocycles. The molecule has 2 amide bonds. The topological polar surface area (TPSA) is 58.6 Å². The van der Waals surface area contributed by atoms with Crippen molar-refractivity contribution in [3.63, 3.8) is 0 Å². The Labute approximate surface area is 147 Å². The number of nitrogens with one attached hydrogen (secondary N) is 1. The second kappa shape index (κ2) is 8.33. The molecule has 0 spiro atoms. The molecule has 0 radical (unpaired) electrons. The van der Waals surface area contributed by atoms with Crippen LogP contribution in [0.15, 0.2) is 60.7 Å². The Morgan fingerprint density at radius 1 is 0.960 bits per heavy atom. The van der Waals surface area contributed by atoms with E-state index in [1.54, 1.807) is 12.1 Å². The van der Waals surface area contributed by atoms with Crippen LogP contribution in [-0.2, 0) is 11.2 Å². The molecule has 5 heteroatoms. The van der Waals surface area contributed by atoms with Gasteiger partial charge in [-0.05, 0) is 30.5 Å². The minimum Gasteiger partial charge on any atom is -0.410 e. The Bertz CT molecular complexity index is 695. The molecule has 0 unspecified atom stereocenters. The molecule has 130 valence electrons. The first kappa shape index (κ1) is 17.0. The monoisotopic (exact) mass is 338 g/mol. The number of amides is 2. The molecular formula is C20H22N2O3. The molecule has 3 rings (SSSR count). The minimum atomic E-state index is -0.444. The van der Waals surface area contributed by atoms with E-state index in [1.807, 2.05) is 53.4 Å². The number of likely N-dealkylation sites (tertiary alicyclic amines) is 1. The summed E-state index contributed by atoms with van der Waals surface area (Å²) in [7, 11) is 0. The van der Waals surface area contributed by atoms with Crippen LogP contribution in [0.2, 0.25) is 0 Å². The number of rotatable bonds is 4. The van der Waals surface area contributed by atoms with E-state index in [1.165, 1.54) is 0 Å². The molecule has 0 aliphatic carbocycles. The molecule has 1 heterocycles. The fourth-order valence-corrected chi connectivity index (χ4v) is 2.95. The SMILES string of the molecule is O=C(NC1CCN(C(=O)Cc2ccccc2)CC1)Oc1ccccc1. The number of nitrogens with zero attached hydrogens (tertiary/aromatic N) is 1. The number of benzene rings is 2. The average Bonchev–Trinajstić information content (AvgIpc) is 2.64. The van der Waals surface area contributed by atoms with Crippen molar-refractivity contribution in [3.05, 3.63) is 66.2 Å². The van der Waals surface area contributed by atoms with Crippen LogP contribution in [0.3, 0.4) is 0 Å². The molecule has 1 fully saturated rings. The molecule has 2 aromatic carbocycles. The van der Waals surface area contributed by atoms with Gasteiger partial charge < -0.3 is 15.0 Å². The third-order valence-electron chi connectivity index (χ3n) is 4.32. The zero-order chi connectivity index (χ0) is 17.5. The number of piperidine rings is 1. The van der Waals surface area contributed by atoms with Crippen molar-refractivity contribution in [2.75, 3.05) is 13.1 Å². The van der Waals surface area contributed by atoms with E-state index in [0.717, 1.165) is 18.4 Å². The molecular weight excluding hydrogens is 316 g/mol. The molecule has 0 bridgehead atoms. The van der Waals surface area contributed by atoms with Crippen molar-refractivity contribution in [2.24, 2.45) is 0 Å². The Morgan fingerprint density at radius 3 is 2.20 bits per heavy atom. The second-order valence-corrected chi connectivity index (χ2v) is 6.16. The summed E-state index contributed by atoms with van der Waals surface area (Å²) < 4.78 is 5.24. The fourth-order valence-electron chi connectivity index (χ4n) is 2.95. The van der Waals surface area contributed by atoms with Crippen LogP contribution in [0.25, 0.3) is 0 Å². The van der Waals surface area contributed by atoms with Gasteiger partial charge in [-0.1, -0.05) is 48.5 Å². The van der Waals surface area contributed by atoms with Gasteiger partial charge in [-0.3, -0.25) is 4.79 Å². The molecule has 1 N–H and O–H groups in total. The maximum Gasteiger partial charge on any atom is 0.412 e. The van der Waals surface area contributed by atoms with Gasteiger partial charge in [0.05, 0.1) is 6.42 Å². The highest BCUT2D eigenvalue weighted by atomic mass is 16.6. The third kappa shape index (κ3) is 5.08. The predicted molar refractivity (Wildman–Crippen MR) is 95.3 cm³/mol. The number of para-hydroxylation sites is 1. The van der Waals surface area contributed by atoms with Gasteiger partial charge in [-0.15, -0.1) is 0 Å². The van der Waals surface area contributed by atoms with Gasteiger partial charge >= 0.3 is 6.09 Å². The van der Waals surface area contributed by atoms with Gasteiger partial charge in [0.25, 0.3) is 0 Å². The summed E-state index contributed by atoms with van der Waals surface area (Å²) in [5.41, 5.74) is 1.03. The number of carbonyl (C=O) groups is 2. The van der Waals surface area contributed by atoms with Gasteiger partial charge in [0, 0.05) is 19.1 Å². The summed E-state index contributed by atoms with van der Waals surface area (Å²) in [5, 5.41) is 2.88. The van der Waals surface area contributed by atoms with E-state index in [9.17, 15) is 9.59 Å². The largest absolute Gasteiger partial charge is 0.412 e. The molecule has 0 aromatic heterocycles. The summed E-state index contributed by atoms with van der Waals surface area (Å²) in [4.78, 5) is 26.1. The van der Waals surface area contributed by atoms with E-state index < -0.39 is 6.09 Å². The smallest absolute Gasteiger partial charge is 0.410 e. The average molecular weight is 338 g/mol. The van der Waals surface area contributed by atoms with E-state index in [-0.39, 0.29) is 11.9 Å². The molecule has 5 nitrogen and oxygen atoms in total. The van der Waals surface area contributed by atoms with Crippen molar-refractivity contribution in [3.8, 4) is 5.75 Å². The quantitative estimate of drug-likeness (QED) is 0.932. The van der Waals surface area contributed by atoms with Gasteiger partial charge in [-0.25, -0.2) is 4.79 Å². The molecule has 0 atom stereocenters. The lowest BCUT2D eigenvalue weighted by molar-refractivity contribution is -0.131. The Kier molecular flexibility index (Phi) is 5.67. The van der Waals surface area contributed by atoms with Crippen LogP contribution in [0.1, 0.15) is 18.4 Å². The van der Waals surface area contributed by atoms with Crippen LogP contribution >= 0.6 is 0 Å². The first-order valence-electron chi connectivity index (χ1n) is 8.56. The van der Waals surface area contributed by atoms with Crippen LogP contribution < -0.4 is 10.1 Å². The summed E-state index contributed by atoms with van der Waals surface area (Å²) in [6.07, 6.45) is 1.46. The number of ether oxygens (including phenoxy) is 1. The predicted octanol–water partition coefficient (Wildman–Crippen LogP) is 3.01. The highest BCUT2D eigenvalue weighted by Gasteiger charge is 2.24. The summed E-state index contributed by atoms with van der Waals surface area (Å²) in [6.45, 7) is 1.31. The van der Waals surface area contributed by atoms with Crippen molar-refractivity contribution in [1.29, 1.82) is 0 Å². The Hall–Kier alpha value is -2.82. The Morgan fingerprint density at radius 2 is 1.56 bits per heavy atom. The lowest BCUT2D eigenvalue weighted by Gasteiger charge is -2.32. The number of hydrogen-bond acceptors (Lipinski definition) is 3. The lowest BCUT2D eigenvalue weighted by atomic mass is 10.0. The number of carbonyl (C=O) groups excluding carboxylic acids is 2. The zero-order valence-electron chi connectivity index (χ0n) is 14.1. The fraction of sp³-hybridized carbons (Fsp3) is 0.300. The first-order chi connectivity index (χ1) is 12.2. The lowest BCUT2D eigenvalue weighted by Crippen LogP contribution is -2.47. The number of hydrogen-bond donors (Lipinski definition) is 1. The summed E-state index contributed by atoms with van der Waals surface area (Å²) in [5.74, 6) is 0.659. The molecule has 1 saturated heterocycles. The minimum absolute atomic E-state index is 0.0389. The summed E-state index contributed by atoms with van der Waals surface area (Å²) >= 11 is 0. The second-order valence-electron chi connectivity index (χ2n) is 6.16. The van der Waals surface area contributed by atoms with Gasteiger partial charge in [0.1, 0.15) is 5.75 Å². The molecule has 1 aliphatic heterocycles. The van der Waals surface area contributed by atoms with E-state index in [4.69, 9.17) is 4.74 Å². The first-order valence-corrected chi connectivity index (χ1v) is 8.56. The van der Waals surface area contributed by atoms with Crippen molar-refractivity contribution in [2.45, 2.75) is 25.3 Å². The standard InChI is InChI=1S/C20H22N2O3/c23-19(15-16-7-3-1-4-8-16)22-13-11-17(12-14-22)21-20(24)25-18-9-5-2-6-10-18/h1-10,17H,11-15H2,(H,21,24).